The van der Waals surface area contributed by atoms with E-state index in [1.807, 2.05) is 18.3 Å². The van der Waals surface area contributed by atoms with Crippen LogP contribution in [0.5, 0.6) is 5.88 Å². The quantitative estimate of drug-likeness (QED) is 0.476. The van der Waals surface area contributed by atoms with Gasteiger partial charge in [-0.05, 0) is 37.8 Å². The van der Waals surface area contributed by atoms with Gasteiger partial charge in [-0.1, -0.05) is 0 Å². The highest BCUT2D eigenvalue weighted by Gasteiger charge is 2.27. The molecule has 1 aliphatic carbocycles. The molecule has 0 bridgehead atoms. The molecule has 0 amide bonds. The van der Waals surface area contributed by atoms with E-state index in [2.05, 4.69) is 30.5 Å². The number of nitrogens with one attached hydrogen (secondary N) is 2. The summed E-state index contributed by atoms with van der Waals surface area (Å²) >= 11 is 0. The number of nitrogens with two attached hydrogens (primary N) is 1. The van der Waals surface area contributed by atoms with Crippen molar-refractivity contribution in [2.75, 3.05) is 63.2 Å². The fourth-order valence-electron chi connectivity index (χ4n) is 3.37. The highest BCUT2D eigenvalue weighted by molar-refractivity contribution is 5.56. The van der Waals surface area contributed by atoms with Gasteiger partial charge >= 0.3 is 0 Å². The molecule has 9 nitrogen and oxygen atoms in total. The standard InChI is InChI=1S/C21H31N7O2/c22-6-1-7-23-20-18(16-2-3-16)15-25-21(27-20)26-17-4-5-19(24-14-17)30-13-10-28-8-11-29-12-9-28/h4-5,14-16H,1-3,6-13,22H2,(H2,23,25,26,27). The molecule has 1 saturated heterocycles. The molecule has 2 aromatic rings. The van der Waals surface area contributed by atoms with Crippen LogP contribution in [0.1, 0.15) is 30.7 Å². The Labute approximate surface area is 177 Å². The third-order valence-electron chi connectivity index (χ3n) is 5.26. The van der Waals surface area contributed by atoms with E-state index < -0.39 is 0 Å². The van der Waals surface area contributed by atoms with E-state index in [0.29, 0.717) is 30.9 Å². The molecule has 4 rings (SSSR count). The summed E-state index contributed by atoms with van der Waals surface area (Å²) in [5.41, 5.74) is 7.62. The number of hydrogen-bond acceptors (Lipinski definition) is 9. The summed E-state index contributed by atoms with van der Waals surface area (Å²) in [6, 6.07) is 3.79. The third-order valence-corrected chi connectivity index (χ3v) is 5.26. The molecule has 2 aromatic heterocycles. The zero-order valence-electron chi connectivity index (χ0n) is 17.3. The number of ether oxygens (including phenoxy) is 2. The second kappa shape index (κ2) is 10.5. The van der Waals surface area contributed by atoms with Crippen LogP contribution in [-0.2, 0) is 4.74 Å². The highest BCUT2D eigenvalue weighted by Crippen LogP contribution is 2.42. The summed E-state index contributed by atoms with van der Waals surface area (Å²) in [5, 5.41) is 6.63. The first-order valence-electron chi connectivity index (χ1n) is 10.8. The first-order chi connectivity index (χ1) is 14.8. The summed E-state index contributed by atoms with van der Waals surface area (Å²) in [4.78, 5) is 15.9. The van der Waals surface area contributed by atoms with Gasteiger partial charge in [0.15, 0.2) is 0 Å². The van der Waals surface area contributed by atoms with E-state index in [9.17, 15) is 0 Å². The van der Waals surface area contributed by atoms with Crippen LogP contribution in [0.25, 0.3) is 0 Å². The topological polar surface area (TPSA) is 110 Å². The average Bonchev–Trinajstić information content (AvgIpc) is 3.62. The molecule has 0 aromatic carbocycles. The highest BCUT2D eigenvalue weighted by atomic mass is 16.5. The van der Waals surface area contributed by atoms with E-state index in [4.69, 9.17) is 15.2 Å². The molecule has 162 valence electrons. The van der Waals surface area contributed by atoms with Gasteiger partial charge in [0.25, 0.3) is 0 Å². The van der Waals surface area contributed by atoms with Crippen LogP contribution in [-0.4, -0.2) is 72.4 Å². The zero-order valence-corrected chi connectivity index (χ0v) is 17.3. The van der Waals surface area contributed by atoms with Crippen LogP contribution in [0.15, 0.2) is 24.5 Å². The van der Waals surface area contributed by atoms with Gasteiger partial charge < -0.3 is 25.8 Å². The number of pyridine rings is 1. The van der Waals surface area contributed by atoms with Gasteiger partial charge in [0, 0.05) is 44.0 Å². The molecule has 9 heteroatoms. The van der Waals surface area contributed by atoms with Crippen LogP contribution < -0.4 is 21.1 Å². The van der Waals surface area contributed by atoms with Crippen molar-refractivity contribution >= 4 is 17.5 Å². The minimum Gasteiger partial charge on any atom is -0.476 e. The van der Waals surface area contributed by atoms with Gasteiger partial charge in [0.1, 0.15) is 12.4 Å². The molecule has 2 aliphatic rings. The predicted octanol–water partition coefficient (Wildman–Crippen LogP) is 1.96. The number of anilines is 3. The maximum absolute atomic E-state index is 5.76. The summed E-state index contributed by atoms with van der Waals surface area (Å²) in [6.45, 7) is 6.48. The predicted molar refractivity (Wildman–Crippen MR) is 116 cm³/mol. The largest absolute Gasteiger partial charge is 0.476 e. The monoisotopic (exact) mass is 413 g/mol. The van der Waals surface area contributed by atoms with Crippen LogP contribution in [0.3, 0.4) is 0 Å². The average molecular weight is 414 g/mol. The Morgan fingerprint density at radius 1 is 1.17 bits per heavy atom. The molecule has 4 N–H and O–H groups in total. The number of hydrogen-bond donors (Lipinski definition) is 3. The van der Waals surface area contributed by atoms with Crippen molar-refractivity contribution in [1.29, 1.82) is 0 Å². The van der Waals surface area contributed by atoms with Crippen molar-refractivity contribution in [2.24, 2.45) is 5.73 Å². The summed E-state index contributed by atoms with van der Waals surface area (Å²) < 4.78 is 11.1. The molecule has 2 fully saturated rings. The smallest absolute Gasteiger partial charge is 0.229 e. The molecule has 0 radical (unpaired) electrons. The summed E-state index contributed by atoms with van der Waals surface area (Å²) in [7, 11) is 0. The second-order valence-corrected chi connectivity index (χ2v) is 7.65. The van der Waals surface area contributed by atoms with Gasteiger partial charge in [-0.3, -0.25) is 4.90 Å². The molecule has 3 heterocycles. The molecule has 30 heavy (non-hydrogen) atoms. The Balaban J connectivity index is 1.30. The van der Waals surface area contributed by atoms with Crippen molar-refractivity contribution < 1.29 is 9.47 Å². The second-order valence-electron chi connectivity index (χ2n) is 7.65. The van der Waals surface area contributed by atoms with Crippen molar-refractivity contribution in [3.05, 3.63) is 30.1 Å². The molecule has 1 aliphatic heterocycles. The molecule has 0 unspecified atom stereocenters. The normalized spacial score (nSPS) is 17.0. The van der Waals surface area contributed by atoms with Crippen LogP contribution in [0.2, 0.25) is 0 Å². The van der Waals surface area contributed by atoms with Gasteiger partial charge in [0.2, 0.25) is 11.8 Å². The Morgan fingerprint density at radius 2 is 2.03 bits per heavy atom. The third kappa shape index (κ3) is 6.01. The van der Waals surface area contributed by atoms with Crippen molar-refractivity contribution in [3.8, 4) is 5.88 Å². The first kappa shape index (κ1) is 20.8. The fourth-order valence-corrected chi connectivity index (χ4v) is 3.37. The summed E-state index contributed by atoms with van der Waals surface area (Å²) in [6.07, 6.45) is 6.99. The number of aromatic nitrogens is 3. The van der Waals surface area contributed by atoms with Crippen LogP contribution in [0, 0.1) is 0 Å². The zero-order chi connectivity index (χ0) is 20.6. The lowest BCUT2D eigenvalue weighted by molar-refractivity contribution is 0.0320. The maximum Gasteiger partial charge on any atom is 0.229 e. The lowest BCUT2D eigenvalue weighted by atomic mass is 10.2. The Kier molecular flexibility index (Phi) is 7.28. The molecule has 0 atom stereocenters. The number of nitrogens with zero attached hydrogens (tertiary/aromatic N) is 4. The van der Waals surface area contributed by atoms with E-state index in [1.54, 1.807) is 6.20 Å². The first-order valence-corrected chi connectivity index (χ1v) is 10.8. The van der Waals surface area contributed by atoms with Crippen LogP contribution >= 0.6 is 0 Å². The summed E-state index contributed by atoms with van der Waals surface area (Å²) in [5.74, 6) is 2.65. The van der Waals surface area contributed by atoms with E-state index >= 15 is 0 Å². The van der Waals surface area contributed by atoms with Crippen molar-refractivity contribution in [3.63, 3.8) is 0 Å². The minimum absolute atomic E-state index is 0.553. The number of rotatable bonds is 11. The lowest BCUT2D eigenvalue weighted by Gasteiger charge is -2.26. The Hall–Kier alpha value is -2.49. The molecular formula is C21H31N7O2. The van der Waals surface area contributed by atoms with Crippen molar-refractivity contribution in [2.45, 2.75) is 25.2 Å². The lowest BCUT2D eigenvalue weighted by Crippen LogP contribution is -2.38. The van der Waals surface area contributed by atoms with Gasteiger partial charge in [-0.2, -0.15) is 4.98 Å². The van der Waals surface area contributed by atoms with Crippen LogP contribution in [0.4, 0.5) is 17.5 Å². The fraction of sp³-hybridized carbons (Fsp3) is 0.571. The van der Waals surface area contributed by atoms with E-state index in [0.717, 1.165) is 57.3 Å². The maximum atomic E-state index is 5.76. The number of morpholine rings is 1. The van der Waals surface area contributed by atoms with Gasteiger partial charge in [-0.25, -0.2) is 9.97 Å². The molecule has 0 spiro atoms. The minimum atomic E-state index is 0.553. The van der Waals surface area contributed by atoms with Gasteiger partial charge in [-0.15, -0.1) is 0 Å². The Bertz CT molecular complexity index is 792. The van der Waals surface area contributed by atoms with E-state index in [-0.39, 0.29) is 0 Å². The van der Waals surface area contributed by atoms with Gasteiger partial charge in [0.05, 0.1) is 25.1 Å². The Morgan fingerprint density at radius 3 is 2.77 bits per heavy atom. The molecular weight excluding hydrogens is 382 g/mol. The van der Waals surface area contributed by atoms with Crippen molar-refractivity contribution in [1.82, 2.24) is 19.9 Å². The SMILES string of the molecule is NCCCNc1nc(Nc2ccc(OCCN3CCOCC3)nc2)ncc1C1CC1. The van der Waals surface area contributed by atoms with E-state index in [1.165, 1.54) is 18.4 Å². The molecule has 1 saturated carbocycles.